The molecule has 0 fully saturated rings. The van der Waals surface area contributed by atoms with Crippen LogP contribution in [0.3, 0.4) is 0 Å². The highest BCUT2D eigenvalue weighted by Crippen LogP contribution is 2.26. The van der Waals surface area contributed by atoms with Gasteiger partial charge in [-0.05, 0) is 46.9 Å². The largest absolute Gasteiger partial charge is 0.369 e. The summed E-state index contributed by atoms with van der Waals surface area (Å²) in [6.07, 6.45) is 1.53. The molecule has 2 N–H and O–H groups in total. The van der Waals surface area contributed by atoms with Crippen molar-refractivity contribution in [2.45, 2.75) is 0 Å². The molecule has 0 aliphatic rings. The maximum atomic E-state index is 13.2. The lowest BCUT2D eigenvalue weighted by atomic mass is 10.3. The zero-order valence-electron chi connectivity index (χ0n) is 9.44. The number of nitrogens with two attached hydrogens (primary N) is 1. The van der Waals surface area contributed by atoms with Crippen LogP contribution in [0.15, 0.2) is 30.5 Å². The van der Waals surface area contributed by atoms with Crippen LogP contribution in [0.1, 0.15) is 0 Å². The van der Waals surface area contributed by atoms with E-state index in [1.165, 1.54) is 18.3 Å². The molecule has 1 aromatic carbocycles. The van der Waals surface area contributed by atoms with E-state index in [9.17, 15) is 4.39 Å². The summed E-state index contributed by atoms with van der Waals surface area (Å²) in [7, 11) is 0. The third-order valence-electron chi connectivity index (χ3n) is 2.64. The van der Waals surface area contributed by atoms with Gasteiger partial charge in [-0.25, -0.2) is 14.4 Å². The third kappa shape index (κ3) is 2.14. The van der Waals surface area contributed by atoms with Crippen LogP contribution in [0.5, 0.6) is 0 Å². The zero-order valence-corrected chi connectivity index (χ0v) is 12.4. The lowest BCUT2D eigenvalue weighted by Crippen LogP contribution is -2.03. The Morgan fingerprint density at radius 3 is 2.84 bits per heavy atom. The predicted octanol–water partition coefficient (Wildman–Crippen LogP) is 3.40. The van der Waals surface area contributed by atoms with Gasteiger partial charge in [0.1, 0.15) is 11.3 Å². The summed E-state index contributed by atoms with van der Waals surface area (Å²) < 4.78 is 15.6. The number of aromatic nitrogens is 3. The summed E-state index contributed by atoms with van der Waals surface area (Å²) in [6.45, 7) is 0. The summed E-state index contributed by atoms with van der Waals surface area (Å²) in [6, 6.07) is 6.13. The standard InChI is InChI=1S/C12H7ClFIN4/c13-6-3-9-11(17-5-6)19(12(16)18-9)10-2-1-7(14)4-8(10)15/h1-5H,(H2,16,18). The first-order valence-electron chi connectivity index (χ1n) is 5.31. The van der Waals surface area contributed by atoms with E-state index in [-0.39, 0.29) is 11.8 Å². The van der Waals surface area contributed by atoms with E-state index in [4.69, 9.17) is 17.3 Å². The van der Waals surface area contributed by atoms with E-state index in [0.29, 0.717) is 16.2 Å². The summed E-state index contributed by atoms with van der Waals surface area (Å²) in [4.78, 5) is 8.44. The number of halogens is 3. The molecule has 0 aliphatic carbocycles. The molecule has 0 saturated heterocycles. The van der Waals surface area contributed by atoms with Gasteiger partial charge in [0.15, 0.2) is 5.65 Å². The van der Waals surface area contributed by atoms with Crippen LogP contribution in [0, 0.1) is 9.39 Å². The van der Waals surface area contributed by atoms with Crippen LogP contribution in [-0.4, -0.2) is 14.5 Å². The number of nitrogen functional groups attached to an aromatic ring is 1. The first-order valence-corrected chi connectivity index (χ1v) is 6.77. The van der Waals surface area contributed by atoms with Gasteiger partial charge in [-0.1, -0.05) is 11.6 Å². The van der Waals surface area contributed by atoms with Crippen LogP contribution >= 0.6 is 34.2 Å². The lowest BCUT2D eigenvalue weighted by molar-refractivity contribution is 0.626. The van der Waals surface area contributed by atoms with Crippen molar-refractivity contribution in [3.05, 3.63) is 44.9 Å². The second-order valence-corrected chi connectivity index (χ2v) is 5.50. The summed E-state index contributed by atoms with van der Waals surface area (Å²) in [5, 5.41) is 0.492. The molecule has 3 aromatic rings. The van der Waals surface area contributed by atoms with E-state index in [1.807, 2.05) is 22.6 Å². The first kappa shape index (κ1) is 12.6. The van der Waals surface area contributed by atoms with Crippen LogP contribution in [0.25, 0.3) is 16.9 Å². The van der Waals surface area contributed by atoms with Crippen LogP contribution in [-0.2, 0) is 0 Å². The molecule has 0 bridgehead atoms. The maximum Gasteiger partial charge on any atom is 0.207 e. The minimum Gasteiger partial charge on any atom is -0.369 e. The van der Waals surface area contributed by atoms with Gasteiger partial charge in [-0.15, -0.1) is 0 Å². The number of rotatable bonds is 1. The predicted molar refractivity (Wildman–Crippen MR) is 81.0 cm³/mol. The average molecular weight is 389 g/mol. The fourth-order valence-electron chi connectivity index (χ4n) is 1.86. The monoisotopic (exact) mass is 388 g/mol. The number of pyridine rings is 1. The van der Waals surface area contributed by atoms with E-state index in [1.54, 1.807) is 16.7 Å². The SMILES string of the molecule is Nc1nc2cc(Cl)cnc2n1-c1ccc(F)cc1I. The molecule has 0 spiro atoms. The number of anilines is 1. The molecule has 0 amide bonds. The van der Waals surface area contributed by atoms with Gasteiger partial charge in [0.2, 0.25) is 5.95 Å². The number of benzene rings is 1. The Labute approximate surface area is 126 Å². The van der Waals surface area contributed by atoms with Gasteiger partial charge in [-0.3, -0.25) is 4.57 Å². The number of fused-ring (bicyclic) bond motifs is 1. The second-order valence-electron chi connectivity index (χ2n) is 3.90. The fourth-order valence-corrected chi connectivity index (χ4v) is 2.73. The van der Waals surface area contributed by atoms with Crippen molar-refractivity contribution in [1.82, 2.24) is 14.5 Å². The maximum absolute atomic E-state index is 13.2. The number of hydrogen-bond donors (Lipinski definition) is 1. The molecule has 2 heterocycles. The molecule has 4 nitrogen and oxygen atoms in total. The Morgan fingerprint density at radius 1 is 1.32 bits per heavy atom. The molecule has 0 atom stereocenters. The third-order valence-corrected chi connectivity index (χ3v) is 3.71. The summed E-state index contributed by atoms with van der Waals surface area (Å²) in [5.74, 6) is -0.0126. The molecule has 19 heavy (non-hydrogen) atoms. The quantitative estimate of drug-likeness (QED) is 0.650. The van der Waals surface area contributed by atoms with Crippen LogP contribution in [0.2, 0.25) is 5.02 Å². The van der Waals surface area contributed by atoms with Crippen LogP contribution < -0.4 is 5.73 Å². The molecule has 96 valence electrons. The smallest absolute Gasteiger partial charge is 0.207 e. The van der Waals surface area contributed by atoms with Crippen LogP contribution in [0.4, 0.5) is 10.3 Å². The summed E-state index contributed by atoms with van der Waals surface area (Å²) >= 11 is 7.92. The Kier molecular flexibility index (Phi) is 3.06. The Bertz CT molecular complexity index is 787. The highest BCUT2D eigenvalue weighted by atomic mass is 127. The van der Waals surface area contributed by atoms with Crippen molar-refractivity contribution in [1.29, 1.82) is 0 Å². The molecule has 3 rings (SSSR count). The molecule has 2 aromatic heterocycles. The van der Waals surface area contributed by atoms with E-state index < -0.39 is 0 Å². The van der Waals surface area contributed by atoms with E-state index in [0.717, 1.165) is 9.26 Å². The minimum absolute atomic E-state index is 0.286. The number of imidazole rings is 1. The van der Waals surface area contributed by atoms with Gasteiger partial charge in [0.25, 0.3) is 0 Å². The zero-order chi connectivity index (χ0) is 13.6. The van der Waals surface area contributed by atoms with Crippen molar-refractivity contribution in [2.24, 2.45) is 0 Å². The average Bonchev–Trinajstić information content (AvgIpc) is 2.65. The molecule has 0 radical (unpaired) electrons. The fraction of sp³-hybridized carbons (Fsp3) is 0. The number of hydrogen-bond acceptors (Lipinski definition) is 3. The van der Waals surface area contributed by atoms with Crippen molar-refractivity contribution >= 4 is 51.3 Å². The Balaban J connectivity index is 2.33. The molecule has 0 unspecified atom stereocenters. The Hall–Kier alpha value is -1.41. The topological polar surface area (TPSA) is 56.7 Å². The van der Waals surface area contributed by atoms with Gasteiger partial charge >= 0.3 is 0 Å². The molecule has 0 saturated carbocycles. The lowest BCUT2D eigenvalue weighted by Gasteiger charge is -2.08. The molecular weight excluding hydrogens is 382 g/mol. The van der Waals surface area contributed by atoms with Gasteiger partial charge in [0, 0.05) is 9.77 Å². The van der Waals surface area contributed by atoms with Crippen molar-refractivity contribution in [2.75, 3.05) is 5.73 Å². The van der Waals surface area contributed by atoms with Crippen molar-refractivity contribution in [3.63, 3.8) is 0 Å². The first-order chi connectivity index (χ1) is 9.06. The van der Waals surface area contributed by atoms with Crippen molar-refractivity contribution < 1.29 is 4.39 Å². The highest BCUT2D eigenvalue weighted by molar-refractivity contribution is 14.1. The van der Waals surface area contributed by atoms with Crippen molar-refractivity contribution in [3.8, 4) is 5.69 Å². The molecule has 7 heteroatoms. The van der Waals surface area contributed by atoms with Gasteiger partial charge < -0.3 is 5.73 Å². The van der Waals surface area contributed by atoms with Gasteiger partial charge in [0.05, 0.1) is 10.7 Å². The van der Waals surface area contributed by atoms with Gasteiger partial charge in [-0.2, -0.15) is 0 Å². The summed E-state index contributed by atoms with van der Waals surface area (Å²) in [5.41, 5.74) is 7.84. The molecular formula is C12H7ClFIN4. The van der Waals surface area contributed by atoms with E-state index in [2.05, 4.69) is 9.97 Å². The molecule has 0 aliphatic heterocycles. The highest BCUT2D eigenvalue weighted by Gasteiger charge is 2.14. The normalized spacial score (nSPS) is 11.1. The minimum atomic E-state index is -0.299. The number of nitrogens with zero attached hydrogens (tertiary/aromatic N) is 3. The Morgan fingerprint density at radius 2 is 2.11 bits per heavy atom. The second kappa shape index (κ2) is 4.61. The van der Waals surface area contributed by atoms with E-state index >= 15 is 0 Å².